The number of nitrogens with zero attached hydrogens (tertiary/aromatic N) is 1. The van der Waals surface area contributed by atoms with E-state index in [2.05, 4.69) is 10.5 Å². The summed E-state index contributed by atoms with van der Waals surface area (Å²) in [5.74, 6) is 0.486. The fourth-order valence-corrected chi connectivity index (χ4v) is 4.21. The molecule has 0 spiro atoms. The molecule has 1 N–H and O–H groups in total. The Morgan fingerprint density at radius 1 is 1.23 bits per heavy atom. The number of halogens is 1. The van der Waals surface area contributed by atoms with Crippen LogP contribution >= 0.6 is 0 Å². The molecule has 6 nitrogen and oxygen atoms in total. The van der Waals surface area contributed by atoms with Crippen LogP contribution in [-0.2, 0) is 20.9 Å². The molecular formula is C24H27FN2O4. The number of oxime groups is 1. The van der Waals surface area contributed by atoms with Gasteiger partial charge in [-0.15, -0.1) is 0 Å². The zero-order valence-electron chi connectivity index (χ0n) is 17.6. The van der Waals surface area contributed by atoms with Crippen molar-refractivity contribution in [2.24, 2.45) is 10.6 Å². The standard InChI is InChI=1S/C24H27FN2O4/c1-29-20-7-5-17(6-8-20)16-26-23(28)24(9-11-30-12-10-24)15-21-14-22(27-31-21)18-3-2-4-19(25)13-18/h2-8,13,21H,9-12,14-16H2,1H3,(H,26,28)/t21-/m1/s1. The minimum absolute atomic E-state index is 0.00873. The number of amides is 1. The zero-order valence-corrected chi connectivity index (χ0v) is 17.6. The van der Waals surface area contributed by atoms with Gasteiger partial charge in [0.25, 0.3) is 0 Å². The van der Waals surface area contributed by atoms with Crippen LogP contribution in [0.1, 0.15) is 36.8 Å². The van der Waals surface area contributed by atoms with Crippen molar-refractivity contribution in [3.63, 3.8) is 0 Å². The molecule has 2 aliphatic heterocycles. The highest BCUT2D eigenvalue weighted by Gasteiger charge is 2.43. The highest BCUT2D eigenvalue weighted by molar-refractivity contribution is 6.01. The van der Waals surface area contributed by atoms with E-state index in [1.54, 1.807) is 13.2 Å². The molecule has 164 valence electrons. The highest BCUT2D eigenvalue weighted by atomic mass is 19.1. The SMILES string of the molecule is COc1ccc(CNC(=O)C2(C[C@H]3CC(c4cccc(F)c4)=NO3)CCOCC2)cc1. The van der Waals surface area contributed by atoms with E-state index >= 15 is 0 Å². The first-order valence-corrected chi connectivity index (χ1v) is 10.6. The maximum atomic E-state index is 13.6. The van der Waals surface area contributed by atoms with Crippen LogP contribution in [-0.4, -0.2) is 38.0 Å². The summed E-state index contributed by atoms with van der Waals surface area (Å²) in [6.07, 6.45) is 2.15. The van der Waals surface area contributed by atoms with Gasteiger partial charge in [-0.05, 0) is 42.7 Å². The molecule has 0 saturated carbocycles. The van der Waals surface area contributed by atoms with E-state index in [-0.39, 0.29) is 17.8 Å². The van der Waals surface area contributed by atoms with E-state index in [4.69, 9.17) is 14.3 Å². The summed E-state index contributed by atoms with van der Waals surface area (Å²) in [5.41, 5.74) is 1.87. The molecule has 2 aromatic rings. The minimum atomic E-state index is -0.567. The molecule has 31 heavy (non-hydrogen) atoms. The average molecular weight is 426 g/mol. The Hall–Kier alpha value is -2.93. The topological polar surface area (TPSA) is 69.2 Å². The Morgan fingerprint density at radius 3 is 2.71 bits per heavy atom. The van der Waals surface area contributed by atoms with Crippen molar-refractivity contribution in [1.29, 1.82) is 0 Å². The van der Waals surface area contributed by atoms with Crippen LogP contribution < -0.4 is 10.1 Å². The molecule has 1 saturated heterocycles. The van der Waals surface area contributed by atoms with Gasteiger partial charge in [0, 0.05) is 38.2 Å². The largest absolute Gasteiger partial charge is 0.497 e. The second-order valence-corrected chi connectivity index (χ2v) is 8.11. The second-order valence-electron chi connectivity index (χ2n) is 8.11. The first-order valence-electron chi connectivity index (χ1n) is 10.6. The fraction of sp³-hybridized carbons (Fsp3) is 0.417. The molecule has 4 rings (SSSR count). The van der Waals surface area contributed by atoms with Crippen molar-refractivity contribution in [2.45, 2.75) is 38.3 Å². The molecule has 2 aliphatic rings. The van der Waals surface area contributed by atoms with Gasteiger partial charge < -0.3 is 19.6 Å². The minimum Gasteiger partial charge on any atom is -0.497 e. The molecule has 2 heterocycles. The molecule has 2 aromatic carbocycles. The van der Waals surface area contributed by atoms with Gasteiger partial charge in [0.2, 0.25) is 5.91 Å². The van der Waals surface area contributed by atoms with Crippen molar-refractivity contribution in [3.8, 4) is 5.75 Å². The van der Waals surface area contributed by atoms with E-state index < -0.39 is 5.41 Å². The molecule has 1 fully saturated rings. The number of hydrogen-bond donors (Lipinski definition) is 1. The average Bonchev–Trinajstić information content (AvgIpc) is 3.26. The zero-order chi connectivity index (χ0) is 21.7. The van der Waals surface area contributed by atoms with E-state index in [0.29, 0.717) is 56.7 Å². The van der Waals surface area contributed by atoms with Crippen LogP contribution in [0.2, 0.25) is 0 Å². The molecule has 0 aromatic heterocycles. The van der Waals surface area contributed by atoms with E-state index in [9.17, 15) is 9.18 Å². The predicted molar refractivity (Wildman–Crippen MR) is 114 cm³/mol. The van der Waals surface area contributed by atoms with E-state index in [1.807, 2.05) is 30.3 Å². The first kappa shape index (κ1) is 21.3. The Labute approximate surface area is 181 Å². The predicted octanol–water partition coefficient (Wildman–Crippen LogP) is 3.83. The molecule has 1 amide bonds. The number of rotatable bonds is 7. The highest BCUT2D eigenvalue weighted by Crippen LogP contribution is 2.38. The lowest BCUT2D eigenvalue weighted by Crippen LogP contribution is -2.46. The number of nitrogens with one attached hydrogen (secondary N) is 1. The van der Waals surface area contributed by atoms with Crippen molar-refractivity contribution in [3.05, 3.63) is 65.5 Å². The van der Waals surface area contributed by atoms with Crippen LogP contribution in [0.4, 0.5) is 4.39 Å². The maximum absolute atomic E-state index is 13.6. The molecular weight excluding hydrogens is 399 g/mol. The lowest BCUT2D eigenvalue weighted by atomic mass is 9.74. The Bertz CT molecular complexity index is 939. The van der Waals surface area contributed by atoms with Gasteiger partial charge in [-0.1, -0.05) is 29.4 Å². The van der Waals surface area contributed by atoms with Gasteiger partial charge in [-0.25, -0.2) is 4.39 Å². The molecule has 0 unspecified atom stereocenters. The Morgan fingerprint density at radius 2 is 2.00 bits per heavy atom. The van der Waals surface area contributed by atoms with Gasteiger partial charge in [0.15, 0.2) is 0 Å². The van der Waals surface area contributed by atoms with Gasteiger partial charge in [0.1, 0.15) is 17.7 Å². The molecule has 0 radical (unpaired) electrons. The van der Waals surface area contributed by atoms with Crippen LogP contribution in [0, 0.1) is 11.2 Å². The molecule has 7 heteroatoms. The van der Waals surface area contributed by atoms with Crippen LogP contribution in [0.25, 0.3) is 0 Å². The number of methoxy groups -OCH3 is 1. The maximum Gasteiger partial charge on any atom is 0.226 e. The smallest absolute Gasteiger partial charge is 0.226 e. The number of hydrogen-bond acceptors (Lipinski definition) is 5. The van der Waals surface area contributed by atoms with E-state index in [1.165, 1.54) is 12.1 Å². The van der Waals surface area contributed by atoms with Crippen LogP contribution in [0.5, 0.6) is 5.75 Å². The quantitative estimate of drug-likeness (QED) is 0.731. The van der Waals surface area contributed by atoms with Crippen LogP contribution in [0.15, 0.2) is 53.7 Å². The summed E-state index contributed by atoms with van der Waals surface area (Å²) >= 11 is 0. The summed E-state index contributed by atoms with van der Waals surface area (Å²) in [4.78, 5) is 18.9. The third-order valence-electron chi connectivity index (χ3n) is 6.05. The first-order chi connectivity index (χ1) is 15.1. The lowest BCUT2D eigenvalue weighted by Gasteiger charge is -2.37. The number of ether oxygens (including phenoxy) is 2. The van der Waals surface area contributed by atoms with Gasteiger partial charge in [0.05, 0.1) is 18.2 Å². The third-order valence-corrected chi connectivity index (χ3v) is 6.05. The van der Waals surface area contributed by atoms with Gasteiger partial charge in [-0.3, -0.25) is 4.79 Å². The van der Waals surface area contributed by atoms with Crippen molar-refractivity contribution < 1.29 is 23.5 Å². The second kappa shape index (κ2) is 9.47. The van der Waals surface area contributed by atoms with Crippen molar-refractivity contribution in [2.75, 3.05) is 20.3 Å². The van der Waals surface area contributed by atoms with Gasteiger partial charge in [-0.2, -0.15) is 0 Å². The lowest BCUT2D eigenvalue weighted by molar-refractivity contribution is -0.140. The van der Waals surface area contributed by atoms with Crippen molar-refractivity contribution in [1.82, 2.24) is 5.32 Å². The number of carbonyl (C=O) groups is 1. The summed E-state index contributed by atoms with van der Waals surface area (Å²) in [6.45, 7) is 1.53. The summed E-state index contributed by atoms with van der Waals surface area (Å²) in [7, 11) is 1.63. The third kappa shape index (κ3) is 5.05. The molecule has 0 bridgehead atoms. The normalized spacial score (nSPS) is 19.9. The van der Waals surface area contributed by atoms with Gasteiger partial charge >= 0.3 is 0 Å². The van der Waals surface area contributed by atoms with Crippen LogP contribution in [0.3, 0.4) is 0 Å². The fourth-order valence-electron chi connectivity index (χ4n) is 4.21. The summed E-state index contributed by atoms with van der Waals surface area (Å²) < 4.78 is 24.3. The number of carbonyl (C=O) groups excluding carboxylic acids is 1. The summed E-state index contributed by atoms with van der Waals surface area (Å²) in [5, 5.41) is 7.26. The number of benzene rings is 2. The Kier molecular flexibility index (Phi) is 6.51. The monoisotopic (exact) mass is 426 g/mol. The van der Waals surface area contributed by atoms with Crippen molar-refractivity contribution >= 4 is 11.6 Å². The summed E-state index contributed by atoms with van der Waals surface area (Å²) in [6, 6.07) is 14.0. The molecule has 0 aliphatic carbocycles. The van der Waals surface area contributed by atoms with E-state index in [0.717, 1.165) is 11.3 Å². The Balaban J connectivity index is 1.40. The molecule has 1 atom stereocenters.